The van der Waals surface area contributed by atoms with E-state index in [-0.39, 0.29) is 6.10 Å². The zero-order valence-electron chi connectivity index (χ0n) is 8.40. The van der Waals surface area contributed by atoms with E-state index in [0.29, 0.717) is 12.5 Å². The summed E-state index contributed by atoms with van der Waals surface area (Å²) in [4.78, 5) is 4.12. The van der Waals surface area contributed by atoms with Crippen molar-refractivity contribution >= 4 is 0 Å². The van der Waals surface area contributed by atoms with Crippen molar-refractivity contribution < 1.29 is 9.47 Å². The molecule has 0 radical (unpaired) electrons. The van der Waals surface area contributed by atoms with E-state index in [2.05, 4.69) is 4.98 Å². The average Bonchev–Trinajstić information content (AvgIpc) is 2.67. The van der Waals surface area contributed by atoms with Gasteiger partial charge in [-0.2, -0.15) is 0 Å². The summed E-state index contributed by atoms with van der Waals surface area (Å²) in [7, 11) is 0. The van der Waals surface area contributed by atoms with Crippen molar-refractivity contribution in [1.82, 2.24) is 4.98 Å². The fraction of sp³-hybridized carbons (Fsp3) is 0.545. The van der Waals surface area contributed by atoms with Gasteiger partial charge in [-0.15, -0.1) is 0 Å². The lowest BCUT2D eigenvalue weighted by Crippen LogP contribution is -2.16. The molecular formula is C11H15NO2. The van der Waals surface area contributed by atoms with Crippen molar-refractivity contribution in [3.05, 3.63) is 23.9 Å². The minimum Gasteiger partial charge on any atom is -0.475 e. The van der Waals surface area contributed by atoms with Crippen LogP contribution in [0.15, 0.2) is 18.3 Å². The quantitative estimate of drug-likeness (QED) is 0.735. The van der Waals surface area contributed by atoms with Crippen molar-refractivity contribution in [2.24, 2.45) is 0 Å². The molecule has 0 N–H and O–H groups in total. The molecule has 76 valence electrons. The minimum absolute atomic E-state index is 0.261. The molecule has 1 aliphatic heterocycles. The van der Waals surface area contributed by atoms with Crippen molar-refractivity contribution in [2.45, 2.75) is 25.9 Å². The zero-order chi connectivity index (χ0) is 9.80. The van der Waals surface area contributed by atoms with Gasteiger partial charge in [-0.05, 0) is 31.4 Å². The van der Waals surface area contributed by atoms with E-state index in [1.54, 1.807) is 6.20 Å². The first-order chi connectivity index (χ1) is 6.84. The predicted octanol–water partition coefficient (Wildman–Crippen LogP) is 1.95. The summed E-state index contributed by atoms with van der Waals surface area (Å²) in [5.74, 6) is 0.695. The van der Waals surface area contributed by atoms with Crippen LogP contribution in [0.4, 0.5) is 0 Å². The topological polar surface area (TPSA) is 31.4 Å². The summed E-state index contributed by atoms with van der Waals surface area (Å²) in [6, 6.07) is 3.90. The molecule has 1 aromatic heterocycles. The summed E-state index contributed by atoms with van der Waals surface area (Å²) in [5.41, 5.74) is 1.17. The second kappa shape index (κ2) is 4.42. The molecule has 0 amide bonds. The number of pyridine rings is 1. The summed E-state index contributed by atoms with van der Waals surface area (Å²) >= 11 is 0. The maximum absolute atomic E-state index is 5.53. The Kier molecular flexibility index (Phi) is 2.99. The van der Waals surface area contributed by atoms with Gasteiger partial charge in [0.1, 0.15) is 6.61 Å². The van der Waals surface area contributed by atoms with Gasteiger partial charge in [-0.1, -0.05) is 0 Å². The van der Waals surface area contributed by atoms with Gasteiger partial charge in [0.05, 0.1) is 6.10 Å². The molecule has 2 heterocycles. The molecule has 1 atom stereocenters. The van der Waals surface area contributed by atoms with Crippen molar-refractivity contribution in [2.75, 3.05) is 13.2 Å². The van der Waals surface area contributed by atoms with Crippen LogP contribution in [0.3, 0.4) is 0 Å². The standard InChI is InChI=1S/C11H15NO2/c1-9-4-5-12-11(7-9)14-8-10-3-2-6-13-10/h4-5,7,10H,2-3,6,8H2,1H3. The van der Waals surface area contributed by atoms with Crippen LogP contribution in [0.2, 0.25) is 0 Å². The highest BCUT2D eigenvalue weighted by Gasteiger charge is 2.15. The lowest BCUT2D eigenvalue weighted by Gasteiger charge is -2.10. The van der Waals surface area contributed by atoms with Gasteiger partial charge in [0.25, 0.3) is 0 Å². The maximum atomic E-state index is 5.53. The van der Waals surface area contributed by atoms with E-state index in [4.69, 9.17) is 9.47 Å². The highest BCUT2D eigenvalue weighted by molar-refractivity contribution is 5.18. The number of nitrogens with zero attached hydrogens (tertiary/aromatic N) is 1. The lowest BCUT2D eigenvalue weighted by atomic mass is 10.2. The Morgan fingerprint density at radius 3 is 3.29 bits per heavy atom. The smallest absolute Gasteiger partial charge is 0.213 e. The van der Waals surface area contributed by atoms with Crippen LogP contribution in [-0.4, -0.2) is 24.3 Å². The van der Waals surface area contributed by atoms with Crippen LogP contribution in [0, 0.1) is 6.92 Å². The first-order valence-corrected chi connectivity index (χ1v) is 5.01. The molecule has 1 fully saturated rings. The fourth-order valence-corrected chi connectivity index (χ4v) is 1.54. The number of hydrogen-bond acceptors (Lipinski definition) is 3. The van der Waals surface area contributed by atoms with Gasteiger partial charge in [0, 0.05) is 18.9 Å². The second-order valence-corrected chi connectivity index (χ2v) is 3.62. The van der Waals surface area contributed by atoms with Gasteiger partial charge in [-0.25, -0.2) is 4.98 Å². The SMILES string of the molecule is Cc1ccnc(OCC2CCCO2)c1. The highest BCUT2D eigenvalue weighted by atomic mass is 16.5. The van der Waals surface area contributed by atoms with Crippen LogP contribution < -0.4 is 4.74 Å². The third-order valence-corrected chi connectivity index (χ3v) is 2.33. The van der Waals surface area contributed by atoms with E-state index in [1.807, 2.05) is 19.1 Å². The van der Waals surface area contributed by atoms with E-state index in [1.165, 1.54) is 5.56 Å². The van der Waals surface area contributed by atoms with Crippen molar-refractivity contribution in [3.8, 4) is 5.88 Å². The molecule has 0 aliphatic carbocycles. The summed E-state index contributed by atoms with van der Waals surface area (Å²) in [6.45, 7) is 3.52. The Balaban J connectivity index is 1.85. The predicted molar refractivity (Wildman–Crippen MR) is 53.4 cm³/mol. The highest BCUT2D eigenvalue weighted by Crippen LogP contribution is 2.14. The largest absolute Gasteiger partial charge is 0.475 e. The zero-order valence-corrected chi connectivity index (χ0v) is 8.40. The van der Waals surface area contributed by atoms with Crippen LogP contribution in [0.25, 0.3) is 0 Å². The van der Waals surface area contributed by atoms with Gasteiger partial charge >= 0.3 is 0 Å². The Bertz CT molecular complexity index is 295. The van der Waals surface area contributed by atoms with Crippen molar-refractivity contribution in [1.29, 1.82) is 0 Å². The fourth-order valence-electron chi connectivity index (χ4n) is 1.54. The van der Waals surface area contributed by atoms with E-state index in [0.717, 1.165) is 19.4 Å². The molecule has 2 rings (SSSR count). The molecule has 3 nitrogen and oxygen atoms in total. The third-order valence-electron chi connectivity index (χ3n) is 2.33. The van der Waals surface area contributed by atoms with E-state index < -0.39 is 0 Å². The number of ether oxygens (including phenoxy) is 2. The molecule has 1 saturated heterocycles. The lowest BCUT2D eigenvalue weighted by molar-refractivity contribution is 0.0663. The van der Waals surface area contributed by atoms with Gasteiger partial charge in [0.15, 0.2) is 0 Å². The van der Waals surface area contributed by atoms with Crippen LogP contribution in [-0.2, 0) is 4.74 Å². The molecule has 1 aromatic rings. The third kappa shape index (κ3) is 2.45. The summed E-state index contributed by atoms with van der Waals surface area (Å²) in [5, 5.41) is 0. The van der Waals surface area contributed by atoms with Crippen molar-refractivity contribution in [3.63, 3.8) is 0 Å². The Labute approximate surface area is 84.1 Å². The molecule has 14 heavy (non-hydrogen) atoms. The van der Waals surface area contributed by atoms with Crippen LogP contribution in [0.1, 0.15) is 18.4 Å². The van der Waals surface area contributed by atoms with E-state index >= 15 is 0 Å². The molecule has 3 heteroatoms. The van der Waals surface area contributed by atoms with E-state index in [9.17, 15) is 0 Å². The first-order valence-electron chi connectivity index (χ1n) is 5.01. The number of aromatic nitrogens is 1. The van der Waals surface area contributed by atoms with Gasteiger partial charge in [-0.3, -0.25) is 0 Å². The summed E-state index contributed by atoms with van der Waals surface area (Å²) in [6.07, 6.45) is 4.28. The average molecular weight is 193 g/mol. The second-order valence-electron chi connectivity index (χ2n) is 3.62. The minimum atomic E-state index is 0.261. The molecule has 1 unspecified atom stereocenters. The van der Waals surface area contributed by atoms with Crippen LogP contribution >= 0.6 is 0 Å². The molecule has 0 bridgehead atoms. The maximum Gasteiger partial charge on any atom is 0.213 e. The Hall–Kier alpha value is -1.09. The van der Waals surface area contributed by atoms with Crippen LogP contribution in [0.5, 0.6) is 5.88 Å². The number of aryl methyl sites for hydroxylation is 1. The molecular weight excluding hydrogens is 178 g/mol. The monoisotopic (exact) mass is 193 g/mol. The summed E-state index contributed by atoms with van der Waals surface area (Å²) < 4.78 is 11.0. The molecule has 1 aliphatic rings. The Morgan fingerprint density at radius 2 is 2.57 bits per heavy atom. The molecule has 0 saturated carbocycles. The molecule has 0 aromatic carbocycles. The molecule has 0 spiro atoms. The van der Waals surface area contributed by atoms with Gasteiger partial charge in [0.2, 0.25) is 5.88 Å². The Morgan fingerprint density at radius 1 is 1.64 bits per heavy atom. The number of hydrogen-bond donors (Lipinski definition) is 0. The first kappa shape index (κ1) is 9.46. The normalized spacial score (nSPS) is 21.1. The number of rotatable bonds is 3. The van der Waals surface area contributed by atoms with Gasteiger partial charge < -0.3 is 9.47 Å².